The van der Waals surface area contributed by atoms with Crippen LogP contribution in [0.4, 0.5) is 0 Å². The molecule has 0 spiro atoms. The van der Waals surface area contributed by atoms with E-state index < -0.39 is 19.7 Å². The second-order valence-corrected chi connectivity index (χ2v) is 7.82. The van der Waals surface area contributed by atoms with Crippen molar-refractivity contribution in [2.24, 2.45) is 0 Å². The maximum Gasteiger partial charge on any atom is 0.335 e. The van der Waals surface area contributed by atoms with Crippen LogP contribution >= 0.6 is 8.03 Å². The molecule has 2 unspecified atom stereocenters. The quantitative estimate of drug-likeness (QED) is 0.672. The highest BCUT2D eigenvalue weighted by Gasteiger charge is 2.32. The van der Waals surface area contributed by atoms with E-state index in [0.717, 1.165) is 11.1 Å². The van der Waals surface area contributed by atoms with Crippen LogP contribution in [0.1, 0.15) is 27.5 Å². The molecule has 1 aliphatic heterocycles. The van der Waals surface area contributed by atoms with Crippen molar-refractivity contribution in [3.63, 3.8) is 0 Å². The molecule has 2 aromatic rings. The fraction of sp³-hybridized carbons (Fsp3) is 0.316. The van der Waals surface area contributed by atoms with E-state index in [-0.39, 0.29) is 17.7 Å². The summed E-state index contributed by atoms with van der Waals surface area (Å²) in [6.45, 7) is 0.768. The van der Waals surface area contributed by atoms with Crippen molar-refractivity contribution in [1.29, 1.82) is 0 Å². The first-order chi connectivity index (χ1) is 12.5. The molecule has 0 aliphatic carbocycles. The minimum absolute atomic E-state index is 0.135. The molecule has 1 heterocycles. The lowest BCUT2D eigenvalue weighted by atomic mass is 10.0. The summed E-state index contributed by atoms with van der Waals surface area (Å²) >= 11 is 0. The van der Waals surface area contributed by atoms with Crippen LogP contribution in [-0.4, -0.2) is 40.9 Å². The van der Waals surface area contributed by atoms with Gasteiger partial charge >= 0.3 is 5.97 Å². The molecular formula is C19H22NO5P. The zero-order chi connectivity index (χ0) is 18.5. The monoisotopic (exact) mass is 375 g/mol. The van der Waals surface area contributed by atoms with Crippen molar-refractivity contribution in [3.8, 4) is 0 Å². The molecule has 0 bridgehead atoms. The van der Waals surface area contributed by atoms with Crippen LogP contribution in [0.25, 0.3) is 0 Å². The average molecular weight is 375 g/mol. The largest absolute Gasteiger partial charge is 0.478 e. The van der Waals surface area contributed by atoms with Crippen LogP contribution in [0.15, 0.2) is 54.6 Å². The summed E-state index contributed by atoms with van der Waals surface area (Å²) in [6, 6.07) is 16.2. The summed E-state index contributed by atoms with van der Waals surface area (Å²) in [5.74, 6) is -0.969. The number of nitrogens with one attached hydrogen (secondary N) is 1. The molecule has 0 saturated carbocycles. The van der Waals surface area contributed by atoms with Gasteiger partial charge in [0.25, 0.3) is 0 Å². The predicted molar refractivity (Wildman–Crippen MR) is 99.0 cm³/mol. The third-order valence-electron chi connectivity index (χ3n) is 4.64. The van der Waals surface area contributed by atoms with Gasteiger partial charge in [-0.05, 0) is 29.7 Å². The van der Waals surface area contributed by atoms with E-state index in [9.17, 15) is 14.3 Å². The molecule has 0 radical (unpaired) electrons. The van der Waals surface area contributed by atoms with Crippen LogP contribution in [0.5, 0.6) is 0 Å². The molecule has 6 nitrogen and oxygen atoms in total. The zero-order valence-corrected chi connectivity index (χ0v) is 15.2. The number of carboxylic acids is 1. The number of ether oxygens (including phenoxy) is 1. The molecule has 0 aromatic heterocycles. The van der Waals surface area contributed by atoms with Crippen molar-refractivity contribution in [2.75, 3.05) is 13.2 Å². The Balaban J connectivity index is 1.65. The van der Waals surface area contributed by atoms with Crippen LogP contribution in [0.2, 0.25) is 0 Å². The first kappa shape index (κ1) is 18.8. The van der Waals surface area contributed by atoms with E-state index in [1.54, 1.807) is 18.2 Å². The molecule has 138 valence electrons. The van der Waals surface area contributed by atoms with Crippen molar-refractivity contribution in [3.05, 3.63) is 71.3 Å². The minimum Gasteiger partial charge on any atom is -0.478 e. The number of rotatable bonds is 6. The molecule has 1 fully saturated rings. The topological polar surface area (TPSA) is 95.9 Å². The molecule has 3 N–H and O–H groups in total. The Kier molecular flexibility index (Phi) is 6.22. The Morgan fingerprint density at radius 1 is 1.23 bits per heavy atom. The van der Waals surface area contributed by atoms with Gasteiger partial charge in [0.2, 0.25) is 0 Å². The first-order valence-corrected chi connectivity index (χ1v) is 9.93. The van der Waals surface area contributed by atoms with Gasteiger partial charge in [0.1, 0.15) is 0 Å². The van der Waals surface area contributed by atoms with Crippen LogP contribution in [0.3, 0.4) is 0 Å². The average Bonchev–Trinajstić information content (AvgIpc) is 2.67. The molecular weight excluding hydrogens is 353 g/mol. The van der Waals surface area contributed by atoms with E-state index in [1.807, 2.05) is 36.4 Å². The highest BCUT2D eigenvalue weighted by atomic mass is 31.1. The van der Waals surface area contributed by atoms with E-state index >= 15 is 0 Å². The molecule has 1 aliphatic rings. The summed E-state index contributed by atoms with van der Waals surface area (Å²) in [5.41, 5.74) is 1.61. The predicted octanol–water partition coefficient (Wildman–Crippen LogP) is 2.49. The lowest BCUT2D eigenvalue weighted by molar-refractivity contribution is 0.000665. The maximum atomic E-state index is 11.9. The Morgan fingerprint density at radius 3 is 2.62 bits per heavy atom. The molecule has 2 aromatic carbocycles. The SMILES string of the molecule is O=C(O)c1cccc([C@@H]2CO[C@@H](C(Cc3ccccc3)[PH](=O)O)CN2)c1. The normalized spacial score (nSPS) is 22.5. The Hall–Kier alpha value is -1.98. The van der Waals surface area contributed by atoms with Crippen LogP contribution in [-0.2, 0) is 15.7 Å². The Morgan fingerprint density at radius 2 is 2.00 bits per heavy atom. The minimum atomic E-state index is -2.76. The number of carboxylic acid groups (broad SMARTS) is 1. The lowest BCUT2D eigenvalue weighted by Crippen LogP contribution is -2.46. The molecule has 3 rings (SSSR count). The number of carbonyl (C=O) groups is 1. The summed E-state index contributed by atoms with van der Waals surface area (Å²) in [6.07, 6.45) is 0.131. The number of benzene rings is 2. The van der Waals surface area contributed by atoms with Gasteiger partial charge in [-0.15, -0.1) is 0 Å². The summed E-state index contributed by atoms with van der Waals surface area (Å²) < 4.78 is 17.8. The second-order valence-electron chi connectivity index (χ2n) is 6.40. The maximum absolute atomic E-state index is 11.9. The number of hydrogen-bond acceptors (Lipinski definition) is 4. The zero-order valence-electron chi connectivity index (χ0n) is 14.2. The highest BCUT2D eigenvalue weighted by Crippen LogP contribution is 2.32. The summed E-state index contributed by atoms with van der Waals surface area (Å²) in [4.78, 5) is 20.9. The molecule has 0 amide bonds. The van der Waals surface area contributed by atoms with Crippen LogP contribution in [0, 0.1) is 0 Å². The van der Waals surface area contributed by atoms with Gasteiger partial charge in [-0.1, -0.05) is 42.5 Å². The molecule has 1 saturated heterocycles. The highest BCUT2D eigenvalue weighted by molar-refractivity contribution is 7.39. The van der Waals surface area contributed by atoms with Crippen molar-refractivity contribution in [2.45, 2.75) is 24.2 Å². The molecule has 7 heteroatoms. The van der Waals surface area contributed by atoms with Gasteiger partial charge in [-0.25, -0.2) is 4.79 Å². The first-order valence-electron chi connectivity index (χ1n) is 8.49. The summed E-state index contributed by atoms with van der Waals surface area (Å²) in [5, 5.41) is 12.4. The smallest absolute Gasteiger partial charge is 0.335 e. The van der Waals surface area contributed by atoms with Gasteiger partial charge in [-0.2, -0.15) is 0 Å². The number of hydrogen-bond donors (Lipinski definition) is 3. The van der Waals surface area contributed by atoms with E-state index in [4.69, 9.17) is 9.84 Å². The van der Waals surface area contributed by atoms with Crippen molar-refractivity contribution < 1.29 is 24.1 Å². The second kappa shape index (κ2) is 8.60. The number of aromatic carboxylic acids is 1. The van der Waals surface area contributed by atoms with Crippen molar-refractivity contribution in [1.82, 2.24) is 5.32 Å². The van der Waals surface area contributed by atoms with Crippen molar-refractivity contribution >= 4 is 14.0 Å². The van der Waals surface area contributed by atoms with Gasteiger partial charge in [0, 0.05) is 6.54 Å². The third kappa shape index (κ3) is 4.59. The van der Waals surface area contributed by atoms with E-state index in [0.29, 0.717) is 19.6 Å². The van der Waals surface area contributed by atoms with Gasteiger partial charge in [0.05, 0.1) is 30.0 Å². The lowest BCUT2D eigenvalue weighted by Gasteiger charge is -2.34. The fourth-order valence-corrected chi connectivity index (χ4v) is 4.15. The third-order valence-corrected chi connectivity index (χ3v) is 5.85. The Bertz CT molecular complexity index is 775. The fourth-order valence-electron chi connectivity index (χ4n) is 3.20. The Labute approximate surface area is 152 Å². The standard InChI is InChI=1S/C19H22NO5P/c21-19(22)15-8-4-7-14(10-15)16-12-25-17(11-20-16)18(26(23)24)9-13-5-2-1-3-6-13/h1-8,10,16-18,20,26H,9,11-12H2,(H,21,22)(H,23,24)/t16-,17+,18?/m0/s1. The van der Waals surface area contributed by atoms with Gasteiger partial charge in [0.15, 0.2) is 8.03 Å². The molecule has 4 atom stereocenters. The van der Waals surface area contributed by atoms with Gasteiger partial charge in [-0.3, -0.25) is 4.57 Å². The summed E-state index contributed by atoms with van der Waals surface area (Å²) in [7, 11) is -2.76. The van der Waals surface area contributed by atoms with Gasteiger partial charge < -0.3 is 20.1 Å². The van der Waals surface area contributed by atoms with E-state index in [2.05, 4.69) is 5.32 Å². The van der Waals surface area contributed by atoms with E-state index in [1.165, 1.54) is 0 Å². The molecule has 26 heavy (non-hydrogen) atoms. The van der Waals surface area contributed by atoms with Crippen LogP contribution < -0.4 is 5.32 Å². The number of morpholine rings is 1.